The number of Topliss-reactive ketones (excluding diaryl/α,β-unsaturated/α-hetero) is 1. The number of ketones is 1. The highest BCUT2D eigenvalue weighted by Crippen LogP contribution is 2.23. The molecule has 1 fully saturated rings. The molecule has 1 aliphatic rings. The maximum Gasteiger partial charge on any atom is 0.272 e. The third kappa shape index (κ3) is 3.72. The largest absolute Gasteiger partial charge is 0.338 e. The lowest BCUT2D eigenvalue weighted by Crippen LogP contribution is -2.41. The Morgan fingerprint density at radius 3 is 2.71 bits per heavy atom. The van der Waals surface area contributed by atoms with Crippen LogP contribution in [0.15, 0.2) is 36.5 Å². The van der Waals surface area contributed by atoms with Crippen LogP contribution in [0.3, 0.4) is 0 Å². The molecule has 0 saturated carbocycles. The van der Waals surface area contributed by atoms with Crippen molar-refractivity contribution in [3.05, 3.63) is 53.6 Å². The van der Waals surface area contributed by atoms with Crippen molar-refractivity contribution < 1.29 is 9.59 Å². The number of carbonyl (C=O) groups excluding carboxylic acids is 2. The first-order valence-corrected chi connectivity index (χ1v) is 8.56. The number of hydrogen-bond acceptors (Lipinski definition) is 3. The molecule has 1 N–H and O–H groups in total. The molecule has 0 aliphatic carbocycles. The van der Waals surface area contributed by atoms with Crippen LogP contribution in [0.4, 0.5) is 0 Å². The number of aromatic nitrogens is 2. The number of H-pyrrole nitrogens is 1. The zero-order valence-corrected chi connectivity index (χ0v) is 14.0. The molecular formula is C19H23N3O2. The first kappa shape index (κ1) is 16.4. The summed E-state index contributed by atoms with van der Waals surface area (Å²) in [4.78, 5) is 34.4. The predicted molar refractivity (Wildman–Crippen MR) is 92.0 cm³/mol. The second-order valence-electron chi connectivity index (χ2n) is 6.38. The summed E-state index contributed by atoms with van der Waals surface area (Å²) in [5.74, 6) is 0.773. The molecule has 0 bridgehead atoms. The Labute approximate surface area is 142 Å². The molecule has 1 aromatic heterocycles. The molecule has 5 heteroatoms. The van der Waals surface area contributed by atoms with Gasteiger partial charge in [-0.05, 0) is 19.8 Å². The maximum atomic E-state index is 12.8. The summed E-state index contributed by atoms with van der Waals surface area (Å²) in [6.07, 6.45) is 5.97. The van der Waals surface area contributed by atoms with Crippen LogP contribution < -0.4 is 0 Å². The second-order valence-corrected chi connectivity index (χ2v) is 6.38. The van der Waals surface area contributed by atoms with Crippen LogP contribution in [0.5, 0.6) is 0 Å². The van der Waals surface area contributed by atoms with Gasteiger partial charge in [0.25, 0.3) is 5.91 Å². The van der Waals surface area contributed by atoms with Gasteiger partial charge in [0.05, 0.1) is 6.20 Å². The lowest BCUT2D eigenvalue weighted by molar-refractivity contribution is 0.0654. The van der Waals surface area contributed by atoms with E-state index in [9.17, 15) is 9.59 Å². The van der Waals surface area contributed by atoms with E-state index in [0.29, 0.717) is 24.2 Å². The number of hydrogen-bond donors (Lipinski definition) is 1. The first-order chi connectivity index (χ1) is 11.6. The van der Waals surface area contributed by atoms with Gasteiger partial charge >= 0.3 is 0 Å². The summed E-state index contributed by atoms with van der Waals surface area (Å²) in [5, 5.41) is 0. The summed E-state index contributed by atoms with van der Waals surface area (Å²) in [7, 11) is 0. The van der Waals surface area contributed by atoms with E-state index in [-0.39, 0.29) is 17.7 Å². The average Bonchev–Trinajstić information content (AvgIpc) is 2.90. The van der Waals surface area contributed by atoms with E-state index in [1.165, 1.54) is 0 Å². The Hall–Kier alpha value is -2.43. The maximum absolute atomic E-state index is 12.8. The van der Waals surface area contributed by atoms with Crippen molar-refractivity contribution in [3.63, 3.8) is 0 Å². The molecule has 24 heavy (non-hydrogen) atoms. The van der Waals surface area contributed by atoms with Crippen LogP contribution in [0.25, 0.3) is 0 Å². The van der Waals surface area contributed by atoms with E-state index < -0.39 is 0 Å². The molecule has 1 aliphatic heterocycles. The molecule has 2 aromatic rings. The molecule has 1 amide bonds. The van der Waals surface area contributed by atoms with Crippen molar-refractivity contribution in [1.82, 2.24) is 14.9 Å². The number of carbonyl (C=O) groups is 2. The Morgan fingerprint density at radius 1 is 1.21 bits per heavy atom. The molecule has 1 unspecified atom stereocenters. The van der Waals surface area contributed by atoms with Crippen LogP contribution in [-0.4, -0.2) is 39.1 Å². The van der Waals surface area contributed by atoms with Gasteiger partial charge in [-0.1, -0.05) is 43.2 Å². The van der Waals surface area contributed by atoms with Crippen molar-refractivity contribution in [3.8, 4) is 0 Å². The van der Waals surface area contributed by atoms with E-state index in [2.05, 4.69) is 9.97 Å². The minimum Gasteiger partial charge on any atom is -0.338 e. The van der Waals surface area contributed by atoms with Gasteiger partial charge in [0, 0.05) is 24.6 Å². The molecule has 2 heterocycles. The molecule has 5 nitrogen and oxygen atoms in total. The highest BCUT2D eigenvalue weighted by Gasteiger charge is 2.29. The lowest BCUT2D eigenvalue weighted by Gasteiger charge is -2.29. The van der Waals surface area contributed by atoms with Gasteiger partial charge < -0.3 is 9.88 Å². The number of nitrogens with one attached hydrogen (secondary N) is 1. The highest BCUT2D eigenvalue weighted by molar-refractivity contribution is 5.97. The van der Waals surface area contributed by atoms with Gasteiger partial charge in [-0.2, -0.15) is 0 Å². The van der Waals surface area contributed by atoms with Gasteiger partial charge in [0.2, 0.25) is 0 Å². The van der Waals surface area contributed by atoms with Crippen molar-refractivity contribution in [1.29, 1.82) is 0 Å². The third-order valence-corrected chi connectivity index (χ3v) is 4.59. The number of likely N-dealkylation sites (tertiary alicyclic amines) is 1. The smallest absolute Gasteiger partial charge is 0.272 e. The van der Waals surface area contributed by atoms with Gasteiger partial charge in [0.15, 0.2) is 5.78 Å². The van der Waals surface area contributed by atoms with Crippen molar-refractivity contribution >= 4 is 11.7 Å². The van der Waals surface area contributed by atoms with E-state index in [1.54, 1.807) is 6.20 Å². The van der Waals surface area contributed by atoms with Crippen molar-refractivity contribution in [2.45, 2.75) is 45.1 Å². The van der Waals surface area contributed by atoms with Gasteiger partial charge in [0.1, 0.15) is 11.5 Å². The summed E-state index contributed by atoms with van der Waals surface area (Å²) in [5.41, 5.74) is 1.22. The van der Waals surface area contributed by atoms with Gasteiger partial charge in [-0.15, -0.1) is 0 Å². The second kappa shape index (κ2) is 7.43. The fourth-order valence-corrected chi connectivity index (χ4v) is 3.30. The molecule has 0 spiro atoms. The fraction of sp³-hybridized carbons (Fsp3) is 0.421. The molecule has 1 aromatic carbocycles. The van der Waals surface area contributed by atoms with Crippen LogP contribution >= 0.6 is 0 Å². The predicted octanol–water partition coefficient (Wildman–Crippen LogP) is 3.38. The first-order valence-electron chi connectivity index (χ1n) is 8.56. The zero-order valence-electron chi connectivity index (χ0n) is 14.0. The van der Waals surface area contributed by atoms with Gasteiger partial charge in [-0.3, -0.25) is 9.59 Å². The number of aromatic amines is 1. The molecule has 126 valence electrons. The third-order valence-electron chi connectivity index (χ3n) is 4.59. The lowest BCUT2D eigenvalue weighted by atomic mass is 9.99. The molecular weight excluding hydrogens is 302 g/mol. The quantitative estimate of drug-likeness (QED) is 0.876. The van der Waals surface area contributed by atoms with E-state index in [1.807, 2.05) is 42.2 Å². The summed E-state index contributed by atoms with van der Waals surface area (Å²) < 4.78 is 0. The number of rotatable bonds is 4. The average molecular weight is 325 g/mol. The van der Waals surface area contributed by atoms with Crippen LogP contribution in [0, 0.1) is 6.92 Å². The van der Waals surface area contributed by atoms with E-state index in [4.69, 9.17) is 0 Å². The van der Waals surface area contributed by atoms with Crippen molar-refractivity contribution in [2.24, 2.45) is 0 Å². The minimum absolute atomic E-state index is 0.0451. The van der Waals surface area contributed by atoms with Crippen LogP contribution in [0.1, 0.15) is 58.8 Å². The van der Waals surface area contributed by atoms with E-state index >= 15 is 0 Å². The summed E-state index contributed by atoms with van der Waals surface area (Å²) in [6.45, 7) is 2.53. The minimum atomic E-state index is -0.0524. The Kier molecular flexibility index (Phi) is 5.08. The van der Waals surface area contributed by atoms with E-state index in [0.717, 1.165) is 31.5 Å². The number of nitrogens with zero attached hydrogens (tertiary/aromatic N) is 2. The Bertz CT molecular complexity index is 708. The molecule has 1 atom stereocenters. The van der Waals surface area contributed by atoms with Crippen molar-refractivity contribution in [2.75, 3.05) is 6.54 Å². The Morgan fingerprint density at radius 2 is 2.00 bits per heavy atom. The standard InChI is InChI=1S/C19H23N3O2/c1-14-20-13-17(21-14)19(24)22-11-7-3-6-10-16(22)12-18(23)15-8-4-2-5-9-15/h2,4-5,8-9,13,16H,3,6-7,10-12H2,1H3,(H,20,21). The monoisotopic (exact) mass is 325 g/mol. The summed E-state index contributed by atoms with van der Waals surface area (Å²) in [6, 6.07) is 9.27. The SMILES string of the molecule is Cc1ncc(C(=O)N2CCCCCC2CC(=O)c2ccccc2)[nH]1. The zero-order chi connectivity index (χ0) is 16.9. The summed E-state index contributed by atoms with van der Waals surface area (Å²) >= 11 is 0. The number of benzene rings is 1. The normalized spacial score (nSPS) is 18.2. The van der Waals surface area contributed by atoms with Crippen LogP contribution in [-0.2, 0) is 0 Å². The highest BCUT2D eigenvalue weighted by atomic mass is 16.2. The van der Waals surface area contributed by atoms with Crippen LogP contribution in [0.2, 0.25) is 0 Å². The number of amides is 1. The molecule has 1 saturated heterocycles. The topological polar surface area (TPSA) is 66.1 Å². The molecule has 3 rings (SSSR count). The number of imidazole rings is 1. The Balaban J connectivity index is 1.77. The number of aryl methyl sites for hydroxylation is 1. The molecule has 0 radical (unpaired) electrons. The fourth-order valence-electron chi connectivity index (χ4n) is 3.30. The van der Waals surface area contributed by atoms with Gasteiger partial charge in [-0.25, -0.2) is 4.98 Å².